The fraction of sp³-hybridized carbons (Fsp3) is 0.0714. The first kappa shape index (κ1) is 13.7. The lowest BCUT2D eigenvalue weighted by molar-refractivity contribution is 0.620. The van der Waals surface area contributed by atoms with Gasteiger partial charge in [0.1, 0.15) is 5.82 Å². The molecule has 0 aliphatic heterocycles. The monoisotopic (exact) mass is 347 g/mol. The quantitative estimate of drug-likeness (QED) is 0.723. The summed E-state index contributed by atoms with van der Waals surface area (Å²) < 4.78 is 15.3. The Morgan fingerprint density at radius 2 is 2.05 bits per heavy atom. The molecular formula is C14H11BrFN5. The fourth-order valence-electron chi connectivity index (χ4n) is 2.04. The van der Waals surface area contributed by atoms with Crippen molar-refractivity contribution in [3.8, 4) is 17.1 Å². The van der Waals surface area contributed by atoms with Gasteiger partial charge in [0, 0.05) is 11.3 Å². The van der Waals surface area contributed by atoms with Crippen LogP contribution in [-0.2, 0) is 0 Å². The first-order valence-electron chi connectivity index (χ1n) is 6.17. The van der Waals surface area contributed by atoms with Crippen molar-refractivity contribution in [2.24, 2.45) is 0 Å². The molecule has 0 atom stereocenters. The van der Waals surface area contributed by atoms with E-state index in [2.05, 4.69) is 31.5 Å². The van der Waals surface area contributed by atoms with Gasteiger partial charge in [0.2, 0.25) is 0 Å². The normalized spacial score (nSPS) is 10.8. The fourth-order valence-corrected chi connectivity index (χ4v) is 2.41. The molecule has 0 saturated heterocycles. The van der Waals surface area contributed by atoms with Gasteiger partial charge in [0.15, 0.2) is 5.82 Å². The van der Waals surface area contributed by atoms with Gasteiger partial charge in [0.25, 0.3) is 0 Å². The van der Waals surface area contributed by atoms with Crippen LogP contribution in [-0.4, -0.2) is 20.2 Å². The van der Waals surface area contributed by atoms with Crippen LogP contribution in [0.3, 0.4) is 0 Å². The minimum absolute atomic E-state index is 0.339. The molecule has 0 radical (unpaired) electrons. The Hall–Kier alpha value is -2.28. The van der Waals surface area contributed by atoms with E-state index >= 15 is 0 Å². The Morgan fingerprint density at radius 1 is 1.24 bits per heavy atom. The third kappa shape index (κ3) is 2.40. The largest absolute Gasteiger partial charge is 0.398 e. The number of aromatic nitrogens is 4. The third-order valence-corrected chi connectivity index (χ3v) is 3.84. The van der Waals surface area contributed by atoms with Gasteiger partial charge in [-0.15, -0.1) is 5.10 Å². The zero-order chi connectivity index (χ0) is 15.0. The number of tetrazole rings is 1. The van der Waals surface area contributed by atoms with Crippen molar-refractivity contribution in [1.82, 2.24) is 20.2 Å². The minimum Gasteiger partial charge on any atom is -0.398 e. The Balaban J connectivity index is 2.17. The molecule has 0 spiro atoms. The maximum atomic E-state index is 13.4. The number of hydrogen-bond donors (Lipinski definition) is 1. The summed E-state index contributed by atoms with van der Waals surface area (Å²) in [5.74, 6) is 0.215. The van der Waals surface area contributed by atoms with Gasteiger partial charge >= 0.3 is 0 Å². The van der Waals surface area contributed by atoms with Crippen LogP contribution in [0.4, 0.5) is 10.1 Å². The van der Waals surface area contributed by atoms with E-state index in [0.717, 1.165) is 11.1 Å². The molecule has 0 unspecified atom stereocenters. The number of halogens is 2. The highest BCUT2D eigenvalue weighted by Crippen LogP contribution is 2.27. The first-order valence-corrected chi connectivity index (χ1v) is 6.96. The standard InChI is InChI=1S/C14H11BrFN5/c1-8-10(3-2-4-13(8)17)14-18-19-20-21(14)9-5-6-12(16)11(15)7-9/h2-7H,17H2,1H3. The summed E-state index contributed by atoms with van der Waals surface area (Å²) in [5, 5.41) is 11.7. The zero-order valence-electron chi connectivity index (χ0n) is 11.1. The van der Waals surface area contributed by atoms with Crippen LogP contribution in [0, 0.1) is 12.7 Å². The Morgan fingerprint density at radius 3 is 2.81 bits per heavy atom. The van der Waals surface area contributed by atoms with Crippen molar-refractivity contribution < 1.29 is 4.39 Å². The van der Waals surface area contributed by atoms with E-state index in [1.54, 1.807) is 16.8 Å². The van der Waals surface area contributed by atoms with Crippen LogP contribution in [0.5, 0.6) is 0 Å². The molecule has 2 N–H and O–H groups in total. The van der Waals surface area contributed by atoms with Crippen molar-refractivity contribution in [2.75, 3.05) is 5.73 Å². The number of nitrogens with zero attached hydrogens (tertiary/aromatic N) is 4. The van der Waals surface area contributed by atoms with E-state index in [4.69, 9.17) is 5.73 Å². The highest BCUT2D eigenvalue weighted by molar-refractivity contribution is 9.10. The number of rotatable bonds is 2. The molecule has 0 fully saturated rings. The van der Waals surface area contributed by atoms with Gasteiger partial charge in [-0.2, -0.15) is 4.68 Å². The van der Waals surface area contributed by atoms with Gasteiger partial charge in [-0.05, 0) is 63.1 Å². The highest BCUT2D eigenvalue weighted by atomic mass is 79.9. The molecule has 2 aromatic carbocycles. The van der Waals surface area contributed by atoms with E-state index in [1.165, 1.54) is 6.07 Å². The molecule has 3 aromatic rings. The van der Waals surface area contributed by atoms with Crippen molar-refractivity contribution in [1.29, 1.82) is 0 Å². The molecule has 1 aromatic heterocycles. The van der Waals surface area contributed by atoms with Gasteiger partial charge < -0.3 is 5.73 Å². The topological polar surface area (TPSA) is 69.6 Å². The van der Waals surface area contributed by atoms with Crippen molar-refractivity contribution >= 4 is 21.6 Å². The van der Waals surface area contributed by atoms with E-state index in [9.17, 15) is 4.39 Å². The number of hydrogen-bond acceptors (Lipinski definition) is 4. The predicted octanol–water partition coefficient (Wildman–Crippen LogP) is 3.12. The van der Waals surface area contributed by atoms with Crippen molar-refractivity contribution in [3.05, 3.63) is 52.3 Å². The average molecular weight is 348 g/mol. The van der Waals surface area contributed by atoms with Crippen molar-refractivity contribution in [3.63, 3.8) is 0 Å². The first-order chi connectivity index (χ1) is 10.1. The molecule has 0 saturated carbocycles. The van der Waals surface area contributed by atoms with Gasteiger partial charge in [-0.1, -0.05) is 12.1 Å². The highest BCUT2D eigenvalue weighted by Gasteiger charge is 2.14. The van der Waals surface area contributed by atoms with Gasteiger partial charge in [-0.3, -0.25) is 0 Å². The van der Waals surface area contributed by atoms with Crippen LogP contribution < -0.4 is 5.73 Å². The van der Waals surface area contributed by atoms with E-state index in [0.29, 0.717) is 21.7 Å². The minimum atomic E-state index is -0.339. The Bertz CT molecular complexity index is 815. The second-order valence-electron chi connectivity index (χ2n) is 4.53. The predicted molar refractivity (Wildman–Crippen MR) is 81.4 cm³/mol. The molecule has 7 heteroatoms. The smallest absolute Gasteiger partial charge is 0.187 e. The summed E-state index contributed by atoms with van der Waals surface area (Å²) in [6.07, 6.45) is 0. The number of nitrogen functional groups attached to an aromatic ring is 1. The molecule has 0 amide bonds. The number of benzene rings is 2. The van der Waals surface area contributed by atoms with Crippen molar-refractivity contribution in [2.45, 2.75) is 6.92 Å². The van der Waals surface area contributed by atoms with Gasteiger partial charge in [-0.25, -0.2) is 4.39 Å². The van der Waals surface area contributed by atoms with E-state index in [-0.39, 0.29) is 5.82 Å². The van der Waals surface area contributed by atoms with E-state index < -0.39 is 0 Å². The Kier molecular flexibility index (Phi) is 3.42. The number of anilines is 1. The molecule has 21 heavy (non-hydrogen) atoms. The SMILES string of the molecule is Cc1c(N)cccc1-c1nnnn1-c1ccc(F)c(Br)c1. The second kappa shape index (κ2) is 5.25. The van der Waals surface area contributed by atoms with Gasteiger partial charge in [0.05, 0.1) is 10.2 Å². The molecule has 3 rings (SSSR count). The molecule has 1 heterocycles. The number of nitrogens with two attached hydrogens (primary N) is 1. The Labute approximate surface area is 128 Å². The summed E-state index contributed by atoms with van der Waals surface area (Å²) in [5.41, 5.74) is 8.98. The lowest BCUT2D eigenvalue weighted by Gasteiger charge is -2.09. The van der Waals surface area contributed by atoms with Crippen LogP contribution in [0.1, 0.15) is 5.56 Å². The second-order valence-corrected chi connectivity index (χ2v) is 5.39. The summed E-state index contributed by atoms with van der Waals surface area (Å²) in [6.45, 7) is 1.91. The molecule has 106 valence electrons. The van der Waals surface area contributed by atoms with Crippen LogP contribution in [0.15, 0.2) is 40.9 Å². The maximum Gasteiger partial charge on any atom is 0.187 e. The lowest BCUT2D eigenvalue weighted by Crippen LogP contribution is -2.02. The van der Waals surface area contributed by atoms with Crippen LogP contribution in [0.2, 0.25) is 0 Å². The maximum absolute atomic E-state index is 13.4. The van der Waals surface area contributed by atoms with Crippen LogP contribution in [0.25, 0.3) is 17.1 Å². The summed E-state index contributed by atoms with van der Waals surface area (Å²) in [4.78, 5) is 0. The molecular weight excluding hydrogens is 337 g/mol. The average Bonchev–Trinajstić information content (AvgIpc) is 2.94. The molecule has 0 bridgehead atoms. The molecule has 0 aliphatic rings. The van der Waals surface area contributed by atoms with E-state index in [1.807, 2.05) is 25.1 Å². The van der Waals surface area contributed by atoms with Crippen LogP contribution >= 0.6 is 15.9 Å². The lowest BCUT2D eigenvalue weighted by atomic mass is 10.1. The molecule has 0 aliphatic carbocycles. The summed E-state index contributed by atoms with van der Waals surface area (Å²) >= 11 is 3.16. The molecule has 5 nitrogen and oxygen atoms in total. The zero-order valence-corrected chi connectivity index (χ0v) is 12.7. The summed E-state index contributed by atoms with van der Waals surface area (Å²) in [7, 11) is 0. The summed E-state index contributed by atoms with van der Waals surface area (Å²) in [6, 6.07) is 10.2. The third-order valence-electron chi connectivity index (χ3n) is 3.23.